The number of likely N-dealkylation sites (N-methyl/N-ethyl adjacent to an activating group) is 1. The van der Waals surface area contributed by atoms with E-state index in [4.69, 9.17) is 4.52 Å². The van der Waals surface area contributed by atoms with Crippen LogP contribution in [0.5, 0.6) is 0 Å². The lowest BCUT2D eigenvalue weighted by Crippen LogP contribution is -2.27. The summed E-state index contributed by atoms with van der Waals surface area (Å²) in [6.45, 7) is 6.41. The molecule has 1 aliphatic rings. The summed E-state index contributed by atoms with van der Waals surface area (Å²) in [7, 11) is 1.95. The van der Waals surface area contributed by atoms with Crippen LogP contribution >= 0.6 is 0 Å². The number of nitrogens with zero attached hydrogens (tertiary/aromatic N) is 2. The highest BCUT2D eigenvalue weighted by Gasteiger charge is 2.43. The lowest BCUT2D eigenvalue weighted by molar-refractivity contribution is 0.331. The summed E-state index contributed by atoms with van der Waals surface area (Å²) in [6.07, 6.45) is 2.36. The Labute approximate surface area is 90.4 Å². The molecule has 0 bridgehead atoms. The number of rotatable bonds is 4. The molecule has 1 aliphatic carbocycles. The van der Waals surface area contributed by atoms with E-state index in [1.165, 1.54) is 12.8 Å². The van der Waals surface area contributed by atoms with Crippen LogP contribution in [0.25, 0.3) is 0 Å². The maximum absolute atomic E-state index is 5.31. The van der Waals surface area contributed by atoms with Crippen molar-refractivity contribution in [2.75, 3.05) is 7.05 Å². The second kappa shape index (κ2) is 3.59. The van der Waals surface area contributed by atoms with Gasteiger partial charge in [-0.2, -0.15) is 4.98 Å². The molecule has 84 valence electrons. The van der Waals surface area contributed by atoms with Gasteiger partial charge in [0.1, 0.15) is 0 Å². The summed E-state index contributed by atoms with van der Waals surface area (Å²) in [5.74, 6) is 1.89. The third kappa shape index (κ3) is 1.91. The van der Waals surface area contributed by atoms with E-state index in [1.807, 2.05) is 7.05 Å². The van der Waals surface area contributed by atoms with Crippen LogP contribution in [-0.2, 0) is 5.41 Å². The molecule has 0 radical (unpaired) electrons. The Morgan fingerprint density at radius 2 is 2.07 bits per heavy atom. The van der Waals surface area contributed by atoms with Gasteiger partial charge in [-0.3, -0.25) is 0 Å². The van der Waals surface area contributed by atoms with Crippen molar-refractivity contribution in [1.82, 2.24) is 15.5 Å². The van der Waals surface area contributed by atoms with Crippen molar-refractivity contribution in [3.05, 3.63) is 11.7 Å². The summed E-state index contributed by atoms with van der Waals surface area (Å²) in [5, 5.41) is 7.27. The first kappa shape index (κ1) is 10.6. The van der Waals surface area contributed by atoms with Gasteiger partial charge in [0.05, 0.1) is 5.92 Å². The van der Waals surface area contributed by atoms with Crippen molar-refractivity contribution in [1.29, 1.82) is 0 Å². The van der Waals surface area contributed by atoms with Gasteiger partial charge in [-0.05, 0) is 26.8 Å². The van der Waals surface area contributed by atoms with E-state index in [0.29, 0.717) is 6.04 Å². The molecule has 0 aromatic carbocycles. The Kier molecular flexibility index (Phi) is 2.54. The number of hydrogen-bond acceptors (Lipinski definition) is 4. The van der Waals surface area contributed by atoms with Crippen LogP contribution in [0.3, 0.4) is 0 Å². The standard InChI is InChI=1S/C11H19N3O/c1-7(8(2)12-4)9-13-10(14-15-9)11(3)5-6-11/h7-8,12H,5-6H2,1-4H3. The van der Waals surface area contributed by atoms with E-state index in [9.17, 15) is 0 Å². The van der Waals surface area contributed by atoms with Gasteiger partial charge in [-0.1, -0.05) is 19.0 Å². The second-order valence-electron chi connectivity index (χ2n) is 4.88. The summed E-state index contributed by atoms with van der Waals surface area (Å²) in [5.41, 5.74) is 0.199. The second-order valence-corrected chi connectivity index (χ2v) is 4.88. The molecule has 0 aliphatic heterocycles. The summed E-state index contributed by atoms with van der Waals surface area (Å²) in [6, 6.07) is 0.352. The van der Waals surface area contributed by atoms with Gasteiger partial charge >= 0.3 is 0 Å². The molecule has 0 amide bonds. The van der Waals surface area contributed by atoms with Gasteiger partial charge in [-0.25, -0.2) is 0 Å². The van der Waals surface area contributed by atoms with Crippen LogP contribution in [0.4, 0.5) is 0 Å². The predicted molar refractivity (Wildman–Crippen MR) is 57.8 cm³/mol. The number of hydrogen-bond donors (Lipinski definition) is 1. The summed E-state index contributed by atoms with van der Waals surface area (Å²) >= 11 is 0. The van der Waals surface area contributed by atoms with Gasteiger partial charge in [-0.15, -0.1) is 0 Å². The van der Waals surface area contributed by atoms with Gasteiger partial charge < -0.3 is 9.84 Å². The van der Waals surface area contributed by atoms with Gasteiger partial charge in [0.2, 0.25) is 5.89 Å². The van der Waals surface area contributed by atoms with E-state index >= 15 is 0 Å². The molecular formula is C11H19N3O. The van der Waals surface area contributed by atoms with Crippen LogP contribution < -0.4 is 5.32 Å². The molecule has 2 rings (SSSR count). The minimum atomic E-state index is 0.199. The van der Waals surface area contributed by atoms with E-state index in [2.05, 4.69) is 36.2 Å². The minimum Gasteiger partial charge on any atom is -0.339 e. The molecule has 4 heteroatoms. The average molecular weight is 209 g/mol. The van der Waals surface area contributed by atoms with Gasteiger partial charge in [0.25, 0.3) is 0 Å². The molecule has 1 N–H and O–H groups in total. The molecule has 4 nitrogen and oxygen atoms in total. The Hall–Kier alpha value is -0.900. The van der Waals surface area contributed by atoms with Crippen molar-refractivity contribution in [2.24, 2.45) is 0 Å². The average Bonchev–Trinajstić information content (AvgIpc) is 2.83. The monoisotopic (exact) mass is 209 g/mol. The SMILES string of the molecule is CNC(C)C(C)c1nc(C2(C)CC2)no1. The van der Waals surface area contributed by atoms with Crippen molar-refractivity contribution >= 4 is 0 Å². The number of nitrogens with one attached hydrogen (secondary N) is 1. The largest absolute Gasteiger partial charge is 0.339 e. The maximum Gasteiger partial charge on any atom is 0.231 e. The Morgan fingerprint density at radius 3 is 2.60 bits per heavy atom. The lowest BCUT2D eigenvalue weighted by atomic mass is 10.0. The van der Waals surface area contributed by atoms with Crippen LogP contribution in [0.15, 0.2) is 4.52 Å². The number of aromatic nitrogens is 2. The molecule has 1 aromatic rings. The van der Waals surface area contributed by atoms with Crippen molar-refractivity contribution in [2.45, 2.75) is 51.0 Å². The molecule has 1 heterocycles. The van der Waals surface area contributed by atoms with Crippen LogP contribution in [0.1, 0.15) is 51.2 Å². The molecule has 0 saturated heterocycles. The fourth-order valence-electron chi connectivity index (χ4n) is 1.54. The molecule has 1 fully saturated rings. The maximum atomic E-state index is 5.31. The Bertz CT molecular complexity index is 343. The molecular weight excluding hydrogens is 190 g/mol. The van der Waals surface area contributed by atoms with Crippen LogP contribution in [-0.4, -0.2) is 23.2 Å². The third-order valence-corrected chi connectivity index (χ3v) is 3.58. The molecule has 1 aromatic heterocycles. The smallest absolute Gasteiger partial charge is 0.231 e. The van der Waals surface area contributed by atoms with E-state index in [0.717, 1.165) is 11.7 Å². The Morgan fingerprint density at radius 1 is 1.40 bits per heavy atom. The zero-order valence-corrected chi connectivity index (χ0v) is 9.87. The quantitative estimate of drug-likeness (QED) is 0.822. The third-order valence-electron chi connectivity index (χ3n) is 3.58. The highest BCUT2D eigenvalue weighted by Crippen LogP contribution is 2.46. The summed E-state index contributed by atoms with van der Waals surface area (Å²) < 4.78 is 5.31. The molecule has 2 unspecified atom stereocenters. The molecule has 1 saturated carbocycles. The fourth-order valence-corrected chi connectivity index (χ4v) is 1.54. The lowest BCUT2D eigenvalue weighted by Gasteiger charge is -2.14. The highest BCUT2D eigenvalue weighted by molar-refractivity contribution is 5.15. The van der Waals surface area contributed by atoms with Crippen molar-refractivity contribution in [3.8, 4) is 0 Å². The van der Waals surface area contributed by atoms with Crippen molar-refractivity contribution < 1.29 is 4.52 Å². The molecule has 2 atom stereocenters. The summed E-state index contributed by atoms with van der Waals surface area (Å²) in [4.78, 5) is 4.50. The van der Waals surface area contributed by atoms with Crippen molar-refractivity contribution in [3.63, 3.8) is 0 Å². The first-order valence-corrected chi connectivity index (χ1v) is 5.58. The van der Waals surface area contributed by atoms with Crippen LogP contribution in [0, 0.1) is 0 Å². The highest BCUT2D eigenvalue weighted by atomic mass is 16.5. The van der Waals surface area contributed by atoms with Crippen LogP contribution in [0.2, 0.25) is 0 Å². The zero-order valence-electron chi connectivity index (χ0n) is 9.87. The molecule has 0 spiro atoms. The van der Waals surface area contributed by atoms with E-state index in [-0.39, 0.29) is 11.3 Å². The van der Waals surface area contributed by atoms with E-state index < -0.39 is 0 Å². The minimum absolute atomic E-state index is 0.199. The zero-order chi connectivity index (χ0) is 11.1. The topological polar surface area (TPSA) is 51.0 Å². The molecule has 15 heavy (non-hydrogen) atoms. The van der Waals surface area contributed by atoms with Gasteiger partial charge in [0.15, 0.2) is 5.82 Å². The fraction of sp³-hybridized carbons (Fsp3) is 0.818. The predicted octanol–water partition coefficient (Wildman–Crippen LogP) is 1.83. The Balaban J connectivity index is 2.13. The normalized spacial score (nSPS) is 22.4. The first-order valence-electron chi connectivity index (χ1n) is 5.58. The van der Waals surface area contributed by atoms with Gasteiger partial charge in [0, 0.05) is 11.5 Å². The van der Waals surface area contributed by atoms with E-state index in [1.54, 1.807) is 0 Å². The first-order chi connectivity index (χ1) is 7.07.